The molecule has 2 N–H and O–H groups in total. The molecule has 0 saturated carbocycles. The highest BCUT2D eigenvalue weighted by atomic mass is 32.1. The standard InChI is InChI=1S/C10H11N3O3S/c14-9(15)2-1-8-6-17-10(12-8)11-5-7-3-4-16-13-7/h3-4,6H,1-2,5H2,(H,11,12)(H,14,15). The van der Waals surface area contributed by atoms with Crippen molar-refractivity contribution in [2.45, 2.75) is 19.4 Å². The van der Waals surface area contributed by atoms with Gasteiger partial charge in [0.25, 0.3) is 0 Å². The molecule has 90 valence electrons. The average Bonchev–Trinajstić information content (AvgIpc) is 2.95. The van der Waals surface area contributed by atoms with Crippen molar-refractivity contribution in [1.29, 1.82) is 0 Å². The number of aryl methyl sites for hydroxylation is 1. The van der Waals surface area contributed by atoms with Crippen LogP contribution in [0.2, 0.25) is 0 Å². The van der Waals surface area contributed by atoms with Gasteiger partial charge >= 0.3 is 5.97 Å². The van der Waals surface area contributed by atoms with Gasteiger partial charge in [-0.15, -0.1) is 11.3 Å². The summed E-state index contributed by atoms with van der Waals surface area (Å²) in [6.07, 6.45) is 2.07. The van der Waals surface area contributed by atoms with Gasteiger partial charge in [0.15, 0.2) is 5.13 Å². The minimum atomic E-state index is -0.810. The van der Waals surface area contributed by atoms with Crippen LogP contribution in [0.4, 0.5) is 5.13 Å². The molecule has 0 atom stereocenters. The molecule has 6 nitrogen and oxygen atoms in total. The second-order valence-corrected chi connectivity index (χ2v) is 4.24. The Hall–Kier alpha value is -1.89. The SMILES string of the molecule is O=C(O)CCc1csc(NCc2ccon2)n1. The second kappa shape index (κ2) is 5.44. The van der Waals surface area contributed by atoms with Crippen molar-refractivity contribution in [2.24, 2.45) is 0 Å². The van der Waals surface area contributed by atoms with Crippen LogP contribution in [0.1, 0.15) is 17.8 Å². The van der Waals surface area contributed by atoms with E-state index >= 15 is 0 Å². The van der Waals surface area contributed by atoms with Crippen LogP contribution in [-0.4, -0.2) is 21.2 Å². The molecule has 17 heavy (non-hydrogen) atoms. The molecule has 2 aromatic heterocycles. The zero-order valence-electron chi connectivity index (χ0n) is 8.92. The fraction of sp³-hybridized carbons (Fsp3) is 0.300. The van der Waals surface area contributed by atoms with Crippen molar-refractivity contribution < 1.29 is 14.4 Å². The lowest BCUT2D eigenvalue weighted by Gasteiger charge is -1.97. The molecule has 0 spiro atoms. The van der Waals surface area contributed by atoms with E-state index in [0.717, 1.165) is 16.5 Å². The third-order valence-corrected chi connectivity index (χ3v) is 2.91. The average molecular weight is 253 g/mol. The van der Waals surface area contributed by atoms with E-state index in [-0.39, 0.29) is 6.42 Å². The highest BCUT2D eigenvalue weighted by Gasteiger charge is 2.05. The molecule has 2 heterocycles. The number of anilines is 1. The first kappa shape index (κ1) is 11.6. The molecule has 0 saturated heterocycles. The van der Waals surface area contributed by atoms with E-state index < -0.39 is 5.97 Å². The first-order chi connectivity index (χ1) is 8.24. The van der Waals surface area contributed by atoms with Gasteiger partial charge in [-0.2, -0.15) is 0 Å². The molecule has 0 fully saturated rings. The summed E-state index contributed by atoms with van der Waals surface area (Å²) in [7, 11) is 0. The van der Waals surface area contributed by atoms with Gasteiger partial charge in [0.2, 0.25) is 0 Å². The summed E-state index contributed by atoms with van der Waals surface area (Å²) in [4.78, 5) is 14.7. The summed E-state index contributed by atoms with van der Waals surface area (Å²) in [6.45, 7) is 0.544. The topological polar surface area (TPSA) is 88.2 Å². The predicted molar refractivity (Wildman–Crippen MR) is 61.9 cm³/mol. The lowest BCUT2D eigenvalue weighted by Crippen LogP contribution is -2.00. The van der Waals surface area contributed by atoms with E-state index in [1.807, 2.05) is 5.38 Å². The minimum Gasteiger partial charge on any atom is -0.481 e. The van der Waals surface area contributed by atoms with Crippen LogP contribution < -0.4 is 5.32 Å². The van der Waals surface area contributed by atoms with Crippen LogP contribution in [0.25, 0.3) is 0 Å². The number of carboxylic acids is 1. The number of thiazole rings is 1. The van der Waals surface area contributed by atoms with Crippen LogP contribution >= 0.6 is 11.3 Å². The molecule has 0 amide bonds. The first-order valence-electron chi connectivity index (χ1n) is 5.03. The molecule has 0 unspecified atom stereocenters. The fourth-order valence-corrected chi connectivity index (χ4v) is 1.98. The predicted octanol–water partition coefficient (Wildman–Crippen LogP) is 1.76. The quantitative estimate of drug-likeness (QED) is 0.815. The summed E-state index contributed by atoms with van der Waals surface area (Å²) in [6, 6.07) is 1.77. The van der Waals surface area contributed by atoms with Crippen molar-refractivity contribution >= 4 is 22.4 Å². The minimum absolute atomic E-state index is 0.104. The van der Waals surface area contributed by atoms with Gasteiger partial charge in [-0.3, -0.25) is 4.79 Å². The van der Waals surface area contributed by atoms with Crippen LogP contribution in [0, 0.1) is 0 Å². The maximum atomic E-state index is 10.4. The number of carbonyl (C=O) groups is 1. The molecule has 0 aliphatic heterocycles. The second-order valence-electron chi connectivity index (χ2n) is 3.38. The zero-order chi connectivity index (χ0) is 12.1. The smallest absolute Gasteiger partial charge is 0.303 e. The lowest BCUT2D eigenvalue weighted by atomic mass is 10.2. The van der Waals surface area contributed by atoms with Gasteiger partial charge in [-0.05, 0) is 0 Å². The van der Waals surface area contributed by atoms with E-state index in [9.17, 15) is 4.79 Å². The number of aliphatic carboxylic acids is 1. The van der Waals surface area contributed by atoms with E-state index in [0.29, 0.717) is 13.0 Å². The van der Waals surface area contributed by atoms with Gasteiger partial charge in [0, 0.05) is 17.9 Å². The fourth-order valence-electron chi connectivity index (χ4n) is 1.23. The first-order valence-corrected chi connectivity index (χ1v) is 5.91. The Bertz CT molecular complexity index is 481. The molecule has 7 heteroatoms. The van der Waals surface area contributed by atoms with Crippen LogP contribution in [0.15, 0.2) is 22.2 Å². The van der Waals surface area contributed by atoms with Crippen molar-refractivity contribution in [3.8, 4) is 0 Å². The van der Waals surface area contributed by atoms with Gasteiger partial charge in [0.1, 0.15) is 12.0 Å². The van der Waals surface area contributed by atoms with Gasteiger partial charge in [0.05, 0.1) is 18.7 Å². The zero-order valence-corrected chi connectivity index (χ0v) is 9.74. The van der Waals surface area contributed by atoms with E-state index in [1.165, 1.54) is 17.6 Å². The molecule has 2 rings (SSSR count). The monoisotopic (exact) mass is 253 g/mol. The number of hydrogen-bond acceptors (Lipinski definition) is 6. The molecular formula is C10H11N3O3S. The summed E-state index contributed by atoms with van der Waals surface area (Å²) < 4.78 is 4.70. The molecule has 0 radical (unpaired) electrons. The molecule has 0 aliphatic carbocycles. The van der Waals surface area contributed by atoms with Gasteiger partial charge in [-0.25, -0.2) is 4.98 Å². The van der Waals surface area contributed by atoms with Gasteiger partial charge in [-0.1, -0.05) is 5.16 Å². The van der Waals surface area contributed by atoms with E-state index in [2.05, 4.69) is 15.5 Å². The number of rotatable bonds is 6. The summed E-state index contributed by atoms with van der Waals surface area (Å²) in [5.41, 5.74) is 1.59. The Morgan fingerprint density at radius 3 is 3.12 bits per heavy atom. The Labute approximate surface area is 101 Å². The number of nitrogens with zero attached hydrogens (tertiary/aromatic N) is 2. The number of carboxylic acid groups (broad SMARTS) is 1. The molecule has 0 aromatic carbocycles. The largest absolute Gasteiger partial charge is 0.481 e. The molecule has 0 bridgehead atoms. The van der Waals surface area contributed by atoms with Crippen LogP contribution in [0.5, 0.6) is 0 Å². The summed E-state index contributed by atoms with van der Waals surface area (Å²) in [5, 5.41) is 18.0. The Balaban J connectivity index is 1.83. The van der Waals surface area contributed by atoms with Crippen molar-refractivity contribution in [3.63, 3.8) is 0 Å². The Kier molecular flexibility index (Phi) is 3.71. The third-order valence-electron chi connectivity index (χ3n) is 2.06. The molecule has 2 aromatic rings. The van der Waals surface area contributed by atoms with Crippen molar-refractivity contribution in [2.75, 3.05) is 5.32 Å². The maximum absolute atomic E-state index is 10.4. The van der Waals surface area contributed by atoms with Crippen LogP contribution in [0.3, 0.4) is 0 Å². The Morgan fingerprint density at radius 1 is 1.53 bits per heavy atom. The maximum Gasteiger partial charge on any atom is 0.303 e. The molecular weight excluding hydrogens is 242 g/mol. The van der Waals surface area contributed by atoms with E-state index in [4.69, 9.17) is 9.63 Å². The summed E-state index contributed by atoms with van der Waals surface area (Å²) >= 11 is 1.45. The number of hydrogen-bond donors (Lipinski definition) is 2. The van der Waals surface area contributed by atoms with Crippen molar-refractivity contribution in [3.05, 3.63) is 29.1 Å². The summed E-state index contributed by atoms with van der Waals surface area (Å²) in [5.74, 6) is -0.810. The Morgan fingerprint density at radius 2 is 2.41 bits per heavy atom. The number of aromatic nitrogens is 2. The van der Waals surface area contributed by atoms with E-state index in [1.54, 1.807) is 6.07 Å². The van der Waals surface area contributed by atoms with Crippen molar-refractivity contribution in [1.82, 2.24) is 10.1 Å². The highest BCUT2D eigenvalue weighted by Crippen LogP contribution is 2.17. The van der Waals surface area contributed by atoms with Crippen LogP contribution in [-0.2, 0) is 17.8 Å². The normalized spacial score (nSPS) is 10.4. The highest BCUT2D eigenvalue weighted by molar-refractivity contribution is 7.13. The van der Waals surface area contributed by atoms with Gasteiger partial charge < -0.3 is 14.9 Å². The number of nitrogens with one attached hydrogen (secondary N) is 1. The third kappa shape index (κ3) is 3.56. The lowest BCUT2D eigenvalue weighted by molar-refractivity contribution is -0.136. The molecule has 0 aliphatic rings.